The molecule has 0 saturated heterocycles. The molecule has 3 aromatic rings. The lowest BCUT2D eigenvalue weighted by molar-refractivity contribution is 0.629. The molecule has 0 aliphatic carbocycles. The van der Waals surface area contributed by atoms with Crippen LogP contribution >= 0.6 is 22.6 Å². The number of nitrogens with zero attached hydrogens (tertiary/aromatic N) is 1. The number of hydrogen-bond donors (Lipinski definition) is 1. The maximum absolute atomic E-state index is 13.1. The third-order valence-corrected chi connectivity index (χ3v) is 3.28. The molecule has 0 radical (unpaired) electrons. The Morgan fingerprint density at radius 2 is 1.82 bits per heavy atom. The van der Waals surface area contributed by atoms with Gasteiger partial charge in [-0.25, -0.2) is 9.37 Å². The quantitative estimate of drug-likeness (QED) is 0.668. The number of aromatic amines is 1. The molecule has 0 atom stereocenters. The molecule has 2 nitrogen and oxygen atoms in total. The zero-order chi connectivity index (χ0) is 11.8. The van der Waals surface area contributed by atoms with E-state index in [1.165, 1.54) is 15.7 Å². The van der Waals surface area contributed by atoms with Crippen molar-refractivity contribution in [2.24, 2.45) is 0 Å². The van der Waals surface area contributed by atoms with E-state index in [1.807, 2.05) is 24.3 Å². The summed E-state index contributed by atoms with van der Waals surface area (Å²) < 4.78 is 14.2. The summed E-state index contributed by atoms with van der Waals surface area (Å²) in [7, 11) is 0. The van der Waals surface area contributed by atoms with Crippen LogP contribution in [-0.4, -0.2) is 9.97 Å². The summed E-state index contributed by atoms with van der Waals surface area (Å²) in [5.74, 6) is 0.511. The van der Waals surface area contributed by atoms with Crippen LogP contribution in [-0.2, 0) is 0 Å². The molecule has 1 aromatic heterocycles. The van der Waals surface area contributed by atoms with Crippen molar-refractivity contribution in [3.8, 4) is 11.4 Å². The number of benzene rings is 2. The summed E-state index contributed by atoms with van der Waals surface area (Å²) in [4.78, 5) is 7.55. The van der Waals surface area contributed by atoms with E-state index in [0.29, 0.717) is 0 Å². The minimum absolute atomic E-state index is 0.254. The minimum atomic E-state index is -0.254. The number of fused-ring (bicyclic) bond motifs is 1. The van der Waals surface area contributed by atoms with Crippen LogP contribution in [0, 0.1) is 9.39 Å². The van der Waals surface area contributed by atoms with E-state index in [4.69, 9.17) is 0 Å². The molecule has 0 aliphatic heterocycles. The van der Waals surface area contributed by atoms with Gasteiger partial charge in [-0.2, -0.15) is 0 Å². The van der Waals surface area contributed by atoms with Crippen LogP contribution in [0.4, 0.5) is 4.39 Å². The highest BCUT2D eigenvalue weighted by Gasteiger charge is 2.05. The zero-order valence-electron chi connectivity index (χ0n) is 8.74. The number of halogens is 2. The lowest BCUT2D eigenvalue weighted by Gasteiger charge is -1.95. The third-order valence-electron chi connectivity index (χ3n) is 2.56. The van der Waals surface area contributed by atoms with Gasteiger partial charge in [0.25, 0.3) is 0 Å². The van der Waals surface area contributed by atoms with Gasteiger partial charge in [0.15, 0.2) is 0 Å². The van der Waals surface area contributed by atoms with Crippen molar-refractivity contribution in [2.45, 2.75) is 0 Å². The van der Waals surface area contributed by atoms with E-state index in [-0.39, 0.29) is 5.82 Å². The summed E-state index contributed by atoms with van der Waals surface area (Å²) >= 11 is 2.25. The van der Waals surface area contributed by atoms with Gasteiger partial charge >= 0.3 is 0 Å². The molecule has 1 N–H and O–H groups in total. The molecule has 0 bridgehead atoms. The molecule has 2 aromatic carbocycles. The fourth-order valence-corrected chi connectivity index (χ4v) is 2.09. The molecule has 0 spiro atoms. The summed E-state index contributed by atoms with van der Waals surface area (Å²) in [5, 5.41) is 0. The molecule has 84 valence electrons. The number of imidazole rings is 1. The standard InChI is InChI=1S/C13H8FIN2/c14-9-3-6-11-12(7-9)17-13(16-11)8-1-4-10(15)5-2-8/h1-7H,(H,16,17). The molecule has 0 amide bonds. The predicted octanol–water partition coefficient (Wildman–Crippen LogP) is 3.97. The van der Waals surface area contributed by atoms with E-state index in [1.54, 1.807) is 6.07 Å². The van der Waals surface area contributed by atoms with Crippen molar-refractivity contribution < 1.29 is 4.39 Å². The topological polar surface area (TPSA) is 28.7 Å². The maximum atomic E-state index is 13.1. The number of nitrogens with one attached hydrogen (secondary N) is 1. The van der Waals surface area contributed by atoms with Crippen LogP contribution in [0.5, 0.6) is 0 Å². The molecule has 0 saturated carbocycles. The van der Waals surface area contributed by atoms with Crippen LogP contribution in [0.15, 0.2) is 42.5 Å². The van der Waals surface area contributed by atoms with Gasteiger partial charge in [0, 0.05) is 9.13 Å². The van der Waals surface area contributed by atoms with Gasteiger partial charge in [0.05, 0.1) is 11.0 Å². The molecule has 1 heterocycles. The highest BCUT2D eigenvalue weighted by Crippen LogP contribution is 2.21. The minimum Gasteiger partial charge on any atom is -0.338 e. The Bertz CT molecular complexity index is 673. The smallest absolute Gasteiger partial charge is 0.138 e. The molecule has 0 fully saturated rings. The number of rotatable bonds is 1. The van der Waals surface area contributed by atoms with Crippen LogP contribution in [0.3, 0.4) is 0 Å². The van der Waals surface area contributed by atoms with Gasteiger partial charge in [0.1, 0.15) is 11.6 Å². The van der Waals surface area contributed by atoms with Crippen molar-refractivity contribution >= 4 is 33.6 Å². The molecule has 0 aliphatic rings. The molecular formula is C13H8FIN2. The molecule has 3 rings (SSSR count). The normalized spacial score (nSPS) is 10.9. The van der Waals surface area contributed by atoms with Crippen molar-refractivity contribution in [3.05, 3.63) is 51.9 Å². The first kappa shape index (κ1) is 10.7. The Morgan fingerprint density at radius 3 is 2.59 bits per heavy atom. The number of hydrogen-bond acceptors (Lipinski definition) is 1. The first-order chi connectivity index (χ1) is 8.22. The van der Waals surface area contributed by atoms with Gasteiger partial charge in [-0.05, 0) is 52.9 Å². The first-order valence-corrected chi connectivity index (χ1v) is 6.21. The monoisotopic (exact) mass is 338 g/mol. The summed E-state index contributed by atoms with van der Waals surface area (Å²) in [5.41, 5.74) is 2.50. The Hall–Kier alpha value is -1.43. The lowest BCUT2D eigenvalue weighted by Crippen LogP contribution is -1.79. The predicted molar refractivity (Wildman–Crippen MR) is 74.2 cm³/mol. The van der Waals surface area contributed by atoms with Crippen LogP contribution < -0.4 is 0 Å². The lowest BCUT2D eigenvalue weighted by atomic mass is 10.2. The average molecular weight is 338 g/mol. The fraction of sp³-hybridized carbons (Fsp3) is 0. The zero-order valence-corrected chi connectivity index (χ0v) is 10.9. The van der Waals surface area contributed by atoms with Crippen molar-refractivity contribution in [2.75, 3.05) is 0 Å². The summed E-state index contributed by atoms with van der Waals surface area (Å²) in [6.45, 7) is 0. The highest BCUT2D eigenvalue weighted by molar-refractivity contribution is 14.1. The van der Waals surface area contributed by atoms with E-state index >= 15 is 0 Å². The second kappa shape index (κ2) is 4.10. The van der Waals surface area contributed by atoms with Crippen LogP contribution in [0.2, 0.25) is 0 Å². The number of H-pyrrole nitrogens is 1. The Balaban J connectivity index is 2.14. The van der Waals surface area contributed by atoms with Crippen LogP contribution in [0.1, 0.15) is 0 Å². The van der Waals surface area contributed by atoms with E-state index < -0.39 is 0 Å². The summed E-state index contributed by atoms with van der Waals surface area (Å²) in [6, 6.07) is 12.6. The summed E-state index contributed by atoms with van der Waals surface area (Å²) in [6.07, 6.45) is 0. The van der Waals surface area contributed by atoms with Crippen LogP contribution in [0.25, 0.3) is 22.4 Å². The maximum Gasteiger partial charge on any atom is 0.138 e. The molecule has 17 heavy (non-hydrogen) atoms. The van der Waals surface area contributed by atoms with Gasteiger partial charge in [-0.3, -0.25) is 0 Å². The SMILES string of the molecule is Fc1ccc2nc(-c3ccc(I)cc3)[nH]c2c1. The van der Waals surface area contributed by atoms with E-state index in [9.17, 15) is 4.39 Å². The Labute approximate surface area is 111 Å². The average Bonchev–Trinajstić information content (AvgIpc) is 2.72. The second-order valence-electron chi connectivity index (χ2n) is 3.75. The van der Waals surface area contributed by atoms with E-state index in [0.717, 1.165) is 22.4 Å². The Kier molecular flexibility index (Phi) is 2.58. The Morgan fingerprint density at radius 1 is 1.06 bits per heavy atom. The third kappa shape index (κ3) is 2.04. The van der Waals surface area contributed by atoms with Gasteiger partial charge in [0.2, 0.25) is 0 Å². The van der Waals surface area contributed by atoms with Gasteiger partial charge in [-0.15, -0.1) is 0 Å². The largest absolute Gasteiger partial charge is 0.338 e. The van der Waals surface area contributed by atoms with Gasteiger partial charge < -0.3 is 4.98 Å². The van der Waals surface area contributed by atoms with Crippen molar-refractivity contribution in [3.63, 3.8) is 0 Å². The fourth-order valence-electron chi connectivity index (χ4n) is 1.73. The highest BCUT2D eigenvalue weighted by atomic mass is 127. The second-order valence-corrected chi connectivity index (χ2v) is 5.00. The van der Waals surface area contributed by atoms with Gasteiger partial charge in [-0.1, -0.05) is 12.1 Å². The number of aromatic nitrogens is 2. The first-order valence-electron chi connectivity index (χ1n) is 5.13. The molecule has 0 unspecified atom stereocenters. The van der Waals surface area contributed by atoms with E-state index in [2.05, 4.69) is 32.6 Å². The molecular weight excluding hydrogens is 330 g/mol. The van der Waals surface area contributed by atoms with Crippen molar-refractivity contribution in [1.29, 1.82) is 0 Å². The molecule has 4 heteroatoms. The van der Waals surface area contributed by atoms with Crippen molar-refractivity contribution in [1.82, 2.24) is 9.97 Å².